The van der Waals surface area contributed by atoms with Crippen LogP contribution in [0.25, 0.3) is 0 Å². The molecule has 21 heavy (non-hydrogen) atoms. The Morgan fingerprint density at radius 3 is 3.00 bits per heavy atom. The molecule has 0 saturated carbocycles. The molecule has 0 spiro atoms. The number of H-pyrrole nitrogens is 1. The molecule has 3 N–H and O–H groups in total. The van der Waals surface area contributed by atoms with Gasteiger partial charge >= 0.3 is 0 Å². The second kappa shape index (κ2) is 7.22. The highest BCUT2D eigenvalue weighted by Gasteiger charge is 2.12. The Labute approximate surface area is 121 Å². The first kappa shape index (κ1) is 14.8. The predicted octanol–water partition coefficient (Wildman–Crippen LogP) is 0.785. The van der Waals surface area contributed by atoms with E-state index in [0.717, 1.165) is 0 Å². The second-order valence-corrected chi connectivity index (χ2v) is 4.50. The first-order chi connectivity index (χ1) is 10.2. The molecule has 2 aromatic rings. The summed E-state index contributed by atoms with van der Waals surface area (Å²) < 4.78 is 4.96. The number of carbonyl (C=O) groups excluding carboxylic acids is 2. The van der Waals surface area contributed by atoms with Gasteiger partial charge in [-0.1, -0.05) is 0 Å². The van der Waals surface area contributed by atoms with Gasteiger partial charge in [0.2, 0.25) is 5.91 Å². The molecule has 0 fully saturated rings. The molecular formula is C13H17N5O3. The smallest absolute Gasteiger partial charge is 0.286 e. The highest BCUT2D eigenvalue weighted by molar-refractivity contribution is 5.91. The van der Waals surface area contributed by atoms with E-state index in [1.807, 2.05) is 6.92 Å². The lowest BCUT2D eigenvalue weighted by Crippen LogP contribution is -2.29. The molecule has 1 atom stereocenters. The monoisotopic (exact) mass is 291 g/mol. The molecular weight excluding hydrogens is 274 g/mol. The molecule has 0 aliphatic heterocycles. The van der Waals surface area contributed by atoms with Crippen LogP contribution in [-0.2, 0) is 4.79 Å². The fourth-order valence-corrected chi connectivity index (χ4v) is 1.75. The maximum Gasteiger partial charge on any atom is 0.286 e. The van der Waals surface area contributed by atoms with Crippen molar-refractivity contribution in [3.8, 4) is 0 Å². The van der Waals surface area contributed by atoms with Crippen LogP contribution in [0.5, 0.6) is 0 Å². The van der Waals surface area contributed by atoms with Crippen molar-refractivity contribution in [2.75, 3.05) is 6.54 Å². The summed E-state index contributed by atoms with van der Waals surface area (Å²) in [4.78, 5) is 27.2. The number of amides is 2. The zero-order chi connectivity index (χ0) is 15.1. The number of aromatic amines is 1. The number of nitrogens with zero attached hydrogens (tertiary/aromatic N) is 2. The van der Waals surface area contributed by atoms with Crippen molar-refractivity contribution >= 4 is 11.8 Å². The van der Waals surface area contributed by atoms with Crippen molar-refractivity contribution < 1.29 is 14.0 Å². The van der Waals surface area contributed by atoms with E-state index in [0.29, 0.717) is 25.2 Å². The number of hydrogen-bond donors (Lipinski definition) is 3. The summed E-state index contributed by atoms with van der Waals surface area (Å²) >= 11 is 0. The molecule has 0 radical (unpaired) electrons. The van der Waals surface area contributed by atoms with Crippen LogP contribution in [0.4, 0.5) is 0 Å². The molecule has 2 aromatic heterocycles. The van der Waals surface area contributed by atoms with Crippen molar-refractivity contribution in [1.82, 2.24) is 25.8 Å². The van der Waals surface area contributed by atoms with Crippen LogP contribution in [0.15, 0.2) is 29.1 Å². The minimum Gasteiger partial charge on any atom is -0.459 e. The number of nitrogens with one attached hydrogen (secondary N) is 3. The zero-order valence-corrected chi connectivity index (χ0v) is 11.6. The fraction of sp³-hybridized carbons (Fsp3) is 0.385. The Morgan fingerprint density at radius 1 is 1.48 bits per heavy atom. The molecule has 2 heterocycles. The standard InChI is InChI=1S/C13H17N5O3/c1-9(12-15-8-16-18-12)17-11(19)5-2-6-14-13(20)10-4-3-7-21-10/h3-4,7-9H,2,5-6H2,1H3,(H,14,20)(H,17,19)(H,15,16,18). The summed E-state index contributed by atoms with van der Waals surface area (Å²) in [6.07, 6.45) is 3.69. The molecule has 8 nitrogen and oxygen atoms in total. The van der Waals surface area contributed by atoms with Gasteiger partial charge in [-0.2, -0.15) is 5.10 Å². The van der Waals surface area contributed by atoms with Crippen molar-refractivity contribution in [2.45, 2.75) is 25.8 Å². The van der Waals surface area contributed by atoms with Crippen LogP contribution in [0, 0.1) is 0 Å². The molecule has 0 aliphatic rings. The van der Waals surface area contributed by atoms with E-state index in [4.69, 9.17) is 4.42 Å². The van der Waals surface area contributed by atoms with E-state index in [1.165, 1.54) is 12.6 Å². The van der Waals surface area contributed by atoms with Gasteiger partial charge in [-0.15, -0.1) is 0 Å². The van der Waals surface area contributed by atoms with Gasteiger partial charge in [0.05, 0.1) is 12.3 Å². The maximum absolute atomic E-state index is 11.7. The van der Waals surface area contributed by atoms with Crippen molar-refractivity contribution in [3.05, 3.63) is 36.3 Å². The maximum atomic E-state index is 11.7. The van der Waals surface area contributed by atoms with Crippen LogP contribution in [0.2, 0.25) is 0 Å². The number of hydrogen-bond acceptors (Lipinski definition) is 5. The largest absolute Gasteiger partial charge is 0.459 e. The first-order valence-electron chi connectivity index (χ1n) is 6.63. The molecule has 2 rings (SSSR count). The second-order valence-electron chi connectivity index (χ2n) is 4.50. The highest BCUT2D eigenvalue weighted by Crippen LogP contribution is 2.04. The van der Waals surface area contributed by atoms with Crippen LogP contribution in [0.1, 0.15) is 42.2 Å². The Bertz CT molecular complexity index is 565. The molecule has 1 unspecified atom stereocenters. The van der Waals surface area contributed by atoms with Gasteiger partial charge < -0.3 is 15.1 Å². The molecule has 0 saturated heterocycles. The summed E-state index contributed by atoms with van der Waals surface area (Å²) in [6.45, 7) is 2.22. The third-order valence-electron chi connectivity index (χ3n) is 2.83. The lowest BCUT2D eigenvalue weighted by Gasteiger charge is -2.10. The number of rotatable bonds is 7. The van der Waals surface area contributed by atoms with E-state index < -0.39 is 0 Å². The average Bonchev–Trinajstić information content (AvgIpc) is 3.15. The Hall–Kier alpha value is -2.64. The van der Waals surface area contributed by atoms with E-state index >= 15 is 0 Å². The van der Waals surface area contributed by atoms with Gasteiger partial charge in [-0.3, -0.25) is 14.7 Å². The molecule has 8 heteroatoms. The minimum absolute atomic E-state index is 0.105. The first-order valence-corrected chi connectivity index (χ1v) is 6.63. The lowest BCUT2D eigenvalue weighted by atomic mass is 10.2. The number of carbonyl (C=O) groups is 2. The van der Waals surface area contributed by atoms with Crippen molar-refractivity contribution in [1.29, 1.82) is 0 Å². The number of aromatic nitrogens is 3. The topological polar surface area (TPSA) is 113 Å². The highest BCUT2D eigenvalue weighted by atomic mass is 16.3. The molecule has 0 bridgehead atoms. The van der Waals surface area contributed by atoms with Crippen LogP contribution >= 0.6 is 0 Å². The molecule has 2 amide bonds. The third kappa shape index (κ3) is 4.44. The summed E-state index contributed by atoms with van der Waals surface area (Å²) in [5.74, 6) is 0.481. The fourth-order valence-electron chi connectivity index (χ4n) is 1.75. The summed E-state index contributed by atoms with van der Waals surface area (Å²) in [7, 11) is 0. The summed E-state index contributed by atoms with van der Waals surface area (Å²) in [5.41, 5.74) is 0. The van der Waals surface area contributed by atoms with Gasteiger partial charge in [0.25, 0.3) is 5.91 Å². The molecule has 0 aromatic carbocycles. The Balaban J connectivity index is 1.62. The van der Waals surface area contributed by atoms with Gasteiger partial charge in [-0.25, -0.2) is 4.98 Å². The predicted molar refractivity (Wildman–Crippen MR) is 73.2 cm³/mol. The number of furan rings is 1. The molecule has 112 valence electrons. The SMILES string of the molecule is CC(NC(=O)CCCNC(=O)c1ccco1)c1ncn[nH]1. The van der Waals surface area contributed by atoms with Gasteiger partial charge in [0.15, 0.2) is 5.76 Å². The van der Waals surface area contributed by atoms with Crippen LogP contribution in [-0.4, -0.2) is 33.5 Å². The van der Waals surface area contributed by atoms with E-state index in [-0.39, 0.29) is 23.6 Å². The van der Waals surface area contributed by atoms with Crippen LogP contribution < -0.4 is 10.6 Å². The van der Waals surface area contributed by atoms with Crippen molar-refractivity contribution in [2.24, 2.45) is 0 Å². The van der Waals surface area contributed by atoms with Gasteiger partial charge in [-0.05, 0) is 25.5 Å². The van der Waals surface area contributed by atoms with E-state index in [1.54, 1.807) is 12.1 Å². The summed E-state index contributed by atoms with van der Waals surface area (Å²) in [6, 6.07) is 3.01. The zero-order valence-electron chi connectivity index (χ0n) is 11.6. The van der Waals surface area contributed by atoms with Gasteiger partial charge in [0, 0.05) is 13.0 Å². The average molecular weight is 291 g/mol. The minimum atomic E-state index is -0.282. The Morgan fingerprint density at radius 2 is 2.33 bits per heavy atom. The van der Waals surface area contributed by atoms with E-state index in [9.17, 15) is 9.59 Å². The Kier molecular flexibility index (Phi) is 5.08. The van der Waals surface area contributed by atoms with Crippen molar-refractivity contribution in [3.63, 3.8) is 0 Å². The lowest BCUT2D eigenvalue weighted by molar-refractivity contribution is -0.121. The van der Waals surface area contributed by atoms with Gasteiger partial charge in [0.1, 0.15) is 12.2 Å². The molecule has 0 aliphatic carbocycles. The quantitative estimate of drug-likeness (QED) is 0.653. The summed E-state index contributed by atoms with van der Waals surface area (Å²) in [5, 5.41) is 11.9. The van der Waals surface area contributed by atoms with Crippen LogP contribution in [0.3, 0.4) is 0 Å². The van der Waals surface area contributed by atoms with E-state index in [2.05, 4.69) is 25.8 Å². The normalized spacial score (nSPS) is 11.9. The third-order valence-corrected chi connectivity index (χ3v) is 2.83.